The van der Waals surface area contributed by atoms with E-state index < -0.39 is 0 Å². The van der Waals surface area contributed by atoms with Gasteiger partial charge >= 0.3 is 0 Å². The standard InChI is InChI=1S/C22H31N3O2/c1-16(26)23-20-15-22(19-6-4-3-5-18(19)20)9-13-25(14-10-22)21(27)17-7-11-24(2)12-8-17/h3-6,17,20H,7-15H2,1-2H3,(H,23,26). The van der Waals surface area contributed by atoms with Gasteiger partial charge < -0.3 is 15.1 Å². The molecule has 5 nitrogen and oxygen atoms in total. The molecule has 2 saturated heterocycles. The first-order valence-electron chi connectivity index (χ1n) is 10.3. The van der Waals surface area contributed by atoms with Crippen molar-refractivity contribution in [1.29, 1.82) is 0 Å². The second kappa shape index (κ2) is 7.27. The zero-order valence-corrected chi connectivity index (χ0v) is 16.5. The van der Waals surface area contributed by atoms with Gasteiger partial charge in [-0.15, -0.1) is 0 Å². The lowest BCUT2D eigenvalue weighted by molar-refractivity contribution is -0.138. The smallest absolute Gasteiger partial charge is 0.225 e. The fourth-order valence-electron chi connectivity index (χ4n) is 5.41. The van der Waals surface area contributed by atoms with Crippen LogP contribution in [0.4, 0.5) is 0 Å². The summed E-state index contributed by atoms with van der Waals surface area (Å²) in [5.74, 6) is 0.600. The minimum absolute atomic E-state index is 0.0294. The number of fused-ring (bicyclic) bond motifs is 2. The maximum absolute atomic E-state index is 13.0. The van der Waals surface area contributed by atoms with Crippen LogP contribution in [0.1, 0.15) is 56.2 Å². The van der Waals surface area contributed by atoms with Gasteiger partial charge in [-0.25, -0.2) is 0 Å². The van der Waals surface area contributed by atoms with Crippen molar-refractivity contribution >= 4 is 11.8 Å². The topological polar surface area (TPSA) is 52.7 Å². The lowest BCUT2D eigenvalue weighted by Crippen LogP contribution is -2.48. The van der Waals surface area contributed by atoms with Gasteiger partial charge in [0.2, 0.25) is 11.8 Å². The average Bonchev–Trinajstić information content (AvgIpc) is 2.95. The first-order chi connectivity index (χ1) is 13.0. The molecule has 1 spiro atoms. The lowest BCUT2D eigenvalue weighted by Gasteiger charge is -2.42. The molecule has 27 heavy (non-hydrogen) atoms. The van der Waals surface area contributed by atoms with E-state index in [1.807, 2.05) is 0 Å². The molecule has 2 fully saturated rings. The molecule has 2 aliphatic heterocycles. The molecule has 0 radical (unpaired) electrons. The Balaban J connectivity index is 1.45. The van der Waals surface area contributed by atoms with E-state index in [4.69, 9.17) is 0 Å². The Hall–Kier alpha value is -1.88. The van der Waals surface area contributed by atoms with Gasteiger partial charge in [-0.3, -0.25) is 9.59 Å². The van der Waals surface area contributed by atoms with E-state index in [0.29, 0.717) is 5.91 Å². The highest BCUT2D eigenvalue weighted by Gasteiger charge is 2.46. The van der Waals surface area contributed by atoms with Crippen molar-refractivity contribution in [2.45, 2.75) is 50.5 Å². The van der Waals surface area contributed by atoms with Crippen molar-refractivity contribution in [2.75, 3.05) is 33.2 Å². The molecule has 2 heterocycles. The summed E-state index contributed by atoms with van der Waals surface area (Å²) in [5, 5.41) is 3.14. The molecular formula is C22H31N3O2. The molecule has 1 aliphatic carbocycles. The number of rotatable bonds is 2. The summed E-state index contributed by atoms with van der Waals surface area (Å²) in [7, 11) is 2.13. The van der Waals surface area contributed by atoms with E-state index in [0.717, 1.165) is 58.3 Å². The maximum atomic E-state index is 13.0. The largest absolute Gasteiger partial charge is 0.349 e. The summed E-state index contributed by atoms with van der Waals surface area (Å²) < 4.78 is 0. The van der Waals surface area contributed by atoms with E-state index in [-0.39, 0.29) is 23.3 Å². The van der Waals surface area contributed by atoms with E-state index in [1.54, 1.807) is 6.92 Å². The molecule has 0 saturated carbocycles. The van der Waals surface area contributed by atoms with Crippen LogP contribution >= 0.6 is 0 Å². The number of carbonyl (C=O) groups excluding carboxylic acids is 2. The molecule has 3 aliphatic rings. The zero-order chi connectivity index (χ0) is 19.0. The Morgan fingerprint density at radius 1 is 1.07 bits per heavy atom. The summed E-state index contributed by atoms with van der Waals surface area (Å²) in [5.41, 5.74) is 2.76. The minimum atomic E-state index is 0.0294. The minimum Gasteiger partial charge on any atom is -0.349 e. The number of nitrogens with zero attached hydrogens (tertiary/aromatic N) is 2. The number of benzene rings is 1. The molecule has 0 aromatic heterocycles. The molecule has 1 atom stereocenters. The van der Waals surface area contributed by atoms with Gasteiger partial charge in [0, 0.05) is 31.3 Å². The molecule has 0 bridgehead atoms. The number of hydrogen-bond donors (Lipinski definition) is 1. The van der Waals surface area contributed by atoms with Gasteiger partial charge in [-0.1, -0.05) is 24.3 Å². The zero-order valence-electron chi connectivity index (χ0n) is 16.5. The highest BCUT2D eigenvalue weighted by Crippen LogP contribution is 2.50. The first-order valence-corrected chi connectivity index (χ1v) is 10.3. The second-order valence-corrected chi connectivity index (χ2v) is 8.73. The van der Waals surface area contributed by atoms with Crippen LogP contribution in [0.3, 0.4) is 0 Å². The van der Waals surface area contributed by atoms with Crippen molar-refractivity contribution in [1.82, 2.24) is 15.1 Å². The Labute approximate surface area is 162 Å². The third-order valence-electron chi connectivity index (χ3n) is 6.98. The van der Waals surface area contributed by atoms with E-state index in [9.17, 15) is 9.59 Å². The Morgan fingerprint density at radius 2 is 1.74 bits per heavy atom. The van der Waals surface area contributed by atoms with Gasteiger partial charge in [0.15, 0.2) is 0 Å². The van der Waals surface area contributed by atoms with Crippen LogP contribution < -0.4 is 5.32 Å². The first kappa shape index (κ1) is 18.5. The molecule has 1 aromatic rings. The maximum Gasteiger partial charge on any atom is 0.225 e. The Morgan fingerprint density at radius 3 is 2.41 bits per heavy atom. The summed E-state index contributed by atoms with van der Waals surface area (Å²) >= 11 is 0. The van der Waals surface area contributed by atoms with E-state index in [1.165, 1.54) is 11.1 Å². The number of likely N-dealkylation sites (tertiary alicyclic amines) is 2. The monoisotopic (exact) mass is 369 g/mol. The van der Waals surface area contributed by atoms with E-state index >= 15 is 0 Å². The van der Waals surface area contributed by atoms with Crippen LogP contribution in [0.5, 0.6) is 0 Å². The highest BCUT2D eigenvalue weighted by molar-refractivity contribution is 5.79. The molecule has 146 valence electrons. The molecule has 2 amide bonds. The van der Waals surface area contributed by atoms with Gasteiger partial charge in [0.25, 0.3) is 0 Å². The fourth-order valence-corrected chi connectivity index (χ4v) is 5.41. The number of piperidine rings is 2. The van der Waals surface area contributed by atoms with Crippen molar-refractivity contribution in [3.8, 4) is 0 Å². The summed E-state index contributed by atoms with van der Waals surface area (Å²) in [6.07, 6.45) is 4.94. The quantitative estimate of drug-likeness (QED) is 0.871. The van der Waals surface area contributed by atoms with Gasteiger partial charge in [0.05, 0.1) is 6.04 Å². The summed E-state index contributed by atoms with van der Waals surface area (Å²) in [6, 6.07) is 8.65. The summed E-state index contributed by atoms with van der Waals surface area (Å²) in [4.78, 5) is 29.0. The third kappa shape index (κ3) is 3.49. The predicted molar refractivity (Wildman–Crippen MR) is 105 cm³/mol. The molecule has 1 unspecified atom stereocenters. The number of carbonyl (C=O) groups is 2. The molecule has 1 aromatic carbocycles. The number of nitrogens with one attached hydrogen (secondary N) is 1. The van der Waals surface area contributed by atoms with Crippen LogP contribution in [-0.2, 0) is 15.0 Å². The van der Waals surface area contributed by atoms with Crippen LogP contribution in [0.25, 0.3) is 0 Å². The van der Waals surface area contributed by atoms with Gasteiger partial charge in [-0.05, 0) is 63.4 Å². The number of hydrogen-bond acceptors (Lipinski definition) is 3. The fraction of sp³-hybridized carbons (Fsp3) is 0.636. The normalized spacial score (nSPS) is 25.4. The second-order valence-electron chi connectivity index (χ2n) is 8.73. The SMILES string of the molecule is CC(=O)NC1CC2(CCN(C(=O)C3CCN(C)CC3)CC2)c2ccccc21. The highest BCUT2D eigenvalue weighted by atomic mass is 16.2. The van der Waals surface area contributed by atoms with Crippen molar-refractivity contribution in [3.05, 3.63) is 35.4 Å². The molecule has 4 rings (SSSR count). The van der Waals surface area contributed by atoms with Crippen molar-refractivity contribution < 1.29 is 9.59 Å². The third-order valence-corrected chi connectivity index (χ3v) is 6.98. The van der Waals surface area contributed by atoms with E-state index in [2.05, 4.69) is 46.4 Å². The number of amides is 2. The molecular weight excluding hydrogens is 338 g/mol. The summed E-state index contributed by atoms with van der Waals surface area (Å²) in [6.45, 7) is 5.33. The van der Waals surface area contributed by atoms with Crippen LogP contribution in [0.2, 0.25) is 0 Å². The molecule has 1 N–H and O–H groups in total. The van der Waals surface area contributed by atoms with Crippen LogP contribution in [-0.4, -0.2) is 54.8 Å². The van der Waals surface area contributed by atoms with Gasteiger partial charge in [-0.2, -0.15) is 0 Å². The van der Waals surface area contributed by atoms with Crippen LogP contribution in [0, 0.1) is 5.92 Å². The van der Waals surface area contributed by atoms with Gasteiger partial charge in [0.1, 0.15) is 0 Å². The van der Waals surface area contributed by atoms with Crippen molar-refractivity contribution in [3.63, 3.8) is 0 Å². The Kier molecular flexibility index (Phi) is 4.97. The lowest BCUT2D eigenvalue weighted by atomic mass is 9.73. The van der Waals surface area contributed by atoms with Crippen molar-refractivity contribution in [2.24, 2.45) is 5.92 Å². The Bertz CT molecular complexity index is 716. The average molecular weight is 370 g/mol. The predicted octanol–water partition coefficient (Wildman–Crippen LogP) is 2.47. The van der Waals surface area contributed by atoms with Crippen LogP contribution in [0.15, 0.2) is 24.3 Å². The molecule has 5 heteroatoms.